The van der Waals surface area contributed by atoms with Crippen LogP contribution in [0.4, 0.5) is 18.9 Å². The monoisotopic (exact) mass is 537 g/mol. The van der Waals surface area contributed by atoms with Crippen LogP contribution in [0.3, 0.4) is 0 Å². The Kier molecular flexibility index (Phi) is 8.23. The van der Waals surface area contributed by atoms with Crippen LogP contribution in [-0.2, 0) is 21.3 Å². The molecule has 3 rings (SSSR count). The largest absolute Gasteiger partial charge is 0.479 e. The third-order valence-electron chi connectivity index (χ3n) is 4.97. The average molecular weight is 538 g/mol. The predicted octanol–water partition coefficient (Wildman–Crippen LogP) is 3.97. The van der Waals surface area contributed by atoms with Crippen molar-refractivity contribution in [3.63, 3.8) is 0 Å². The minimum Gasteiger partial charge on any atom is -0.479 e. The van der Waals surface area contributed by atoms with Crippen LogP contribution in [0.25, 0.3) is 0 Å². The van der Waals surface area contributed by atoms with E-state index in [1.165, 1.54) is 24.3 Å². The molecular weight excluding hydrogens is 519 g/mol. The number of nitrogens with one attached hydrogen (secondary N) is 1. The summed E-state index contributed by atoms with van der Waals surface area (Å²) in [5.74, 6) is -2.97. The molecule has 1 unspecified atom stereocenters. The number of carboxylic acid groups (broad SMARTS) is 1. The topological polar surface area (TPSA) is 121 Å². The van der Waals surface area contributed by atoms with Crippen molar-refractivity contribution in [2.75, 3.05) is 11.1 Å². The van der Waals surface area contributed by atoms with E-state index in [4.69, 9.17) is 0 Å². The van der Waals surface area contributed by atoms with Crippen LogP contribution in [0, 0.1) is 0 Å². The predicted molar refractivity (Wildman–Crippen MR) is 129 cm³/mol. The van der Waals surface area contributed by atoms with Crippen LogP contribution in [0.2, 0.25) is 0 Å². The molecule has 0 radical (unpaired) electrons. The minimum atomic E-state index is -4.54. The van der Waals surface area contributed by atoms with Crippen LogP contribution in [-0.4, -0.2) is 46.7 Å². The number of thioether (sulfide) groups is 1. The number of anilines is 1. The zero-order valence-corrected chi connectivity index (χ0v) is 19.8. The van der Waals surface area contributed by atoms with Crippen molar-refractivity contribution in [3.05, 3.63) is 95.6 Å². The van der Waals surface area contributed by atoms with E-state index < -0.39 is 50.1 Å². The first kappa shape index (κ1) is 27.0. The van der Waals surface area contributed by atoms with Crippen molar-refractivity contribution >= 4 is 44.5 Å². The van der Waals surface area contributed by atoms with Crippen molar-refractivity contribution < 1.29 is 41.4 Å². The second-order valence-corrected chi connectivity index (χ2v) is 9.36. The van der Waals surface area contributed by atoms with Crippen LogP contribution in [0.5, 0.6) is 0 Å². The molecule has 36 heavy (non-hydrogen) atoms. The highest BCUT2D eigenvalue weighted by atomic mass is 32.2. The molecule has 0 aliphatic rings. The number of aliphatic hydroxyl groups is 1. The van der Waals surface area contributed by atoms with E-state index in [1.54, 1.807) is 30.3 Å². The molecule has 0 saturated heterocycles. The first-order valence-electron chi connectivity index (χ1n) is 10.1. The maximum Gasteiger partial charge on any atom is 0.416 e. The van der Waals surface area contributed by atoms with Crippen molar-refractivity contribution in [3.8, 4) is 0 Å². The second-order valence-electron chi connectivity index (χ2n) is 7.44. The summed E-state index contributed by atoms with van der Waals surface area (Å²) in [6.07, 6.45) is -4.54. The van der Waals surface area contributed by atoms with Gasteiger partial charge in [-0.2, -0.15) is 21.6 Å². The standard InChI is InChI=1S/C24H18F3NO6S2/c25-24(26,27)17-10-6-16(7-11-17)21(29)28-18-12-8-15(9-13-18)20(36(33)34)23(32,22(30)31)14-35-19-4-2-1-3-5-19/h1-13,32H,14H2,(H,28,29)(H,30,31). The summed E-state index contributed by atoms with van der Waals surface area (Å²) in [4.78, 5) is 24.1. The van der Waals surface area contributed by atoms with Crippen molar-refractivity contribution in [2.24, 2.45) is 0 Å². The van der Waals surface area contributed by atoms with Gasteiger partial charge < -0.3 is 15.5 Å². The summed E-state index contributed by atoms with van der Waals surface area (Å²) >= 11 is 0.955. The molecule has 3 aromatic carbocycles. The summed E-state index contributed by atoms with van der Waals surface area (Å²) in [5, 5.41) is 23.0. The molecular formula is C24H18F3NO6S2. The summed E-state index contributed by atoms with van der Waals surface area (Å²) in [5.41, 5.74) is -3.66. The SMILES string of the molecule is O=C(Nc1ccc(C(=S(=O)=O)C(O)(CSc2ccccc2)C(=O)O)cc1)c1ccc(C(F)(F)F)cc1. The molecule has 0 aliphatic carbocycles. The molecule has 0 heterocycles. The van der Waals surface area contributed by atoms with Gasteiger partial charge in [0.2, 0.25) is 15.9 Å². The van der Waals surface area contributed by atoms with Crippen molar-refractivity contribution in [1.82, 2.24) is 0 Å². The van der Waals surface area contributed by atoms with E-state index in [9.17, 15) is 41.4 Å². The first-order valence-corrected chi connectivity index (χ1v) is 12.2. The van der Waals surface area contributed by atoms with Gasteiger partial charge in [0.25, 0.3) is 5.91 Å². The summed E-state index contributed by atoms with van der Waals surface area (Å²) < 4.78 is 62.1. The summed E-state index contributed by atoms with van der Waals surface area (Å²) in [6, 6.07) is 17.0. The van der Waals surface area contributed by atoms with E-state index in [0.717, 1.165) is 36.0 Å². The smallest absolute Gasteiger partial charge is 0.416 e. The fourth-order valence-corrected chi connectivity index (χ4v) is 4.97. The lowest BCUT2D eigenvalue weighted by molar-refractivity contribution is -0.149. The lowest BCUT2D eigenvalue weighted by atomic mass is 9.96. The highest BCUT2D eigenvalue weighted by Gasteiger charge is 2.43. The van der Waals surface area contributed by atoms with Gasteiger partial charge in [0.1, 0.15) is 4.86 Å². The molecule has 12 heteroatoms. The number of hydrogen-bond donors (Lipinski definition) is 3. The molecule has 0 bridgehead atoms. The Bertz CT molecular complexity index is 1380. The molecule has 0 saturated carbocycles. The second kappa shape index (κ2) is 11.0. The normalized spacial score (nSPS) is 12.9. The van der Waals surface area contributed by atoms with E-state index in [0.29, 0.717) is 4.90 Å². The number of carboxylic acids is 1. The van der Waals surface area contributed by atoms with Gasteiger partial charge in [0.05, 0.1) is 5.56 Å². The fourth-order valence-electron chi connectivity index (χ4n) is 3.12. The molecule has 0 aliphatic heterocycles. The quantitative estimate of drug-likeness (QED) is 0.226. The average Bonchev–Trinajstić information content (AvgIpc) is 2.84. The third kappa shape index (κ3) is 6.33. The molecule has 188 valence electrons. The lowest BCUT2D eigenvalue weighted by Crippen LogP contribution is -2.50. The first-order chi connectivity index (χ1) is 16.9. The van der Waals surface area contributed by atoms with Gasteiger partial charge >= 0.3 is 12.1 Å². The zero-order valence-electron chi connectivity index (χ0n) is 18.2. The number of amides is 1. The number of benzene rings is 3. The van der Waals surface area contributed by atoms with Crippen LogP contribution < -0.4 is 5.32 Å². The molecule has 0 fully saturated rings. The molecule has 0 spiro atoms. The Hall–Kier alpha value is -3.61. The summed E-state index contributed by atoms with van der Waals surface area (Å²) in [7, 11) is -3.12. The third-order valence-corrected chi connectivity index (χ3v) is 7.04. The zero-order chi connectivity index (χ0) is 26.5. The molecule has 3 N–H and O–H groups in total. The van der Waals surface area contributed by atoms with Gasteiger partial charge in [-0.3, -0.25) is 4.79 Å². The molecule has 7 nitrogen and oxygen atoms in total. The maximum absolute atomic E-state index is 12.7. The molecule has 1 amide bonds. The van der Waals surface area contributed by atoms with Gasteiger partial charge in [-0.05, 0) is 54.1 Å². The Morgan fingerprint density at radius 2 is 1.42 bits per heavy atom. The van der Waals surface area contributed by atoms with Crippen molar-refractivity contribution in [2.45, 2.75) is 16.7 Å². The van der Waals surface area contributed by atoms with E-state index in [2.05, 4.69) is 5.32 Å². The molecule has 0 aromatic heterocycles. The van der Waals surface area contributed by atoms with Gasteiger partial charge in [-0.25, -0.2) is 4.79 Å². The van der Waals surface area contributed by atoms with Gasteiger partial charge in [0.15, 0.2) is 0 Å². The number of rotatable bonds is 8. The highest BCUT2D eigenvalue weighted by molar-refractivity contribution is 7.99. The van der Waals surface area contributed by atoms with E-state index >= 15 is 0 Å². The van der Waals surface area contributed by atoms with Crippen LogP contribution in [0.1, 0.15) is 21.5 Å². The van der Waals surface area contributed by atoms with E-state index in [-0.39, 0.29) is 16.8 Å². The number of aliphatic carboxylic acids is 1. The van der Waals surface area contributed by atoms with Crippen LogP contribution >= 0.6 is 11.8 Å². The molecule has 3 aromatic rings. The molecule has 1 atom stereocenters. The van der Waals surface area contributed by atoms with Crippen LogP contribution in [0.15, 0.2) is 83.8 Å². The summed E-state index contributed by atoms with van der Waals surface area (Å²) in [6.45, 7) is 0. The maximum atomic E-state index is 12.7. The number of alkyl halides is 3. The lowest BCUT2D eigenvalue weighted by Gasteiger charge is -2.23. The van der Waals surface area contributed by atoms with Gasteiger partial charge in [0, 0.05) is 21.9 Å². The minimum absolute atomic E-state index is 0.0434. The highest BCUT2D eigenvalue weighted by Crippen LogP contribution is 2.29. The Labute approximate surface area is 209 Å². The number of carbonyl (C=O) groups is 2. The van der Waals surface area contributed by atoms with Gasteiger partial charge in [-0.1, -0.05) is 30.3 Å². The Morgan fingerprint density at radius 3 is 1.92 bits per heavy atom. The Morgan fingerprint density at radius 1 is 0.861 bits per heavy atom. The number of halogens is 3. The van der Waals surface area contributed by atoms with Crippen molar-refractivity contribution in [1.29, 1.82) is 0 Å². The number of carbonyl (C=O) groups excluding carboxylic acids is 1. The number of hydrogen-bond acceptors (Lipinski definition) is 6. The Balaban J connectivity index is 1.81. The van der Waals surface area contributed by atoms with E-state index in [1.807, 2.05) is 0 Å². The fraction of sp³-hybridized carbons (Fsp3) is 0.125. The van der Waals surface area contributed by atoms with Gasteiger partial charge in [-0.15, -0.1) is 11.8 Å².